The van der Waals surface area contributed by atoms with Gasteiger partial charge < -0.3 is 18.9 Å². The van der Waals surface area contributed by atoms with Crippen molar-refractivity contribution in [3.8, 4) is 0 Å². The van der Waals surface area contributed by atoms with Crippen molar-refractivity contribution in [1.29, 1.82) is 0 Å². The van der Waals surface area contributed by atoms with Crippen molar-refractivity contribution >= 4 is 23.9 Å². The maximum Gasteiger partial charge on any atom is 0.312 e. The number of ether oxygens (including phenoxy) is 4. The lowest BCUT2D eigenvalue weighted by Gasteiger charge is -2.60. The Morgan fingerprint density at radius 1 is 0.593 bits per heavy atom. The molecule has 10 saturated carbocycles. The molecule has 1 heterocycles. The Bertz CT molecular complexity index is 1540. The van der Waals surface area contributed by atoms with Crippen LogP contribution in [0.2, 0.25) is 0 Å². The molecule has 0 aromatic rings. The van der Waals surface area contributed by atoms with Gasteiger partial charge in [0.05, 0.1) is 22.2 Å². The summed E-state index contributed by atoms with van der Waals surface area (Å²) < 4.78 is 23.7. The number of carbonyl (C=O) groups is 4. The normalized spacial score (nSPS) is 40.8. The zero-order valence-electron chi connectivity index (χ0n) is 39.2. The first-order chi connectivity index (χ1) is 27.5. The predicted octanol–water partition coefficient (Wildman–Crippen LogP) is 11.4. The van der Waals surface area contributed by atoms with E-state index in [-0.39, 0.29) is 63.8 Å². The Balaban J connectivity index is 0.000000135. The van der Waals surface area contributed by atoms with Crippen LogP contribution in [0.4, 0.5) is 0 Å². The van der Waals surface area contributed by atoms with Crippen molar-refractivity contribution in [2.75, 3.05) is 0 Å². The van der Waals surface area contributed by atoms with Gasteiger partial charge in [0.1, 0.15) is 22.9 Å². The molecular formula is C51H82O8. The Morgan fingerprint density at radius 2 is 1.03 bits per heavy atom. The summed E-state index contributed by atoms with van der Waals surface area (Å²) in [4.78, 5) is 49.5. The lowest BCUT2D eigenvalue weighted by Crippen LogP contribution is -2.60. The van der Waals surface area contributed by atoms with Crippen LogP contribution in [-0.4, -0.2) is 46.8 Å². The molecule has 59 heavy (non-hydrogen) atoms. The summed E-state index contributed by atoms with van der Waals surface area (Å²) in [5, 5.41) is 0. The van der Waals surface area contributed by atoms with Gasteiger partial charge in [0.2, 0.25) is 0 Å². The highest BCUT2D eigenvalue weighted by atomic mass is 16.6. The molecule has 0 N–H and O–H groups in total. The molecule has 1 aliphatic heterocycles. The summed E-state index contributed by atoms with van der Waals surface area (Å²) in [6.07, 6.45) is 19.9. The van der Waals surface area contributed by atoms with Crippen LogP contribution in [0.25, 0.3) is 0 Å². The van der Waals surface area contributed by atoms with E-state index < -0.39 is 11.0 Å². The molecule has 8 heteroatoms. The smallest absolute Gasteiger partial charge is 0.312 e. The number of rotatable bonds is 11. The maximum atomic E-state index is 12.6. The quantitative estimate of drug-likeness (QED) is 0.150. The molecule has 0 radical (unpaired) electrons. The fourth-order valence-electron chi connectivity index (χ4n) is 14.5. The van der Waals surface area contributed by atoms with Gasteiger partial charge in [0.25, 0.3) is 0 Å². The van der Waals surface area contributed by atoms with Crippen LogP contribution in [0.15, 0.2) is 0 Å². The molecule has 334 valence electrons. The molecule has 5 unspecified atom stereocenters. The molecule has 10 aliphatic carbocycles. The van der Waals surface area contributed by atoms with Crippen molar-refractivity contribution in [3.63, 3.8) is 0 Å². The van der Waals surface area contributed by atoms with Crippen molar-refractivity contribution in [2.45, 2.75) is 215 Å². The van der Waals surface area contributed by atoms with Crippen LogP contribution < -0.4 is 0 Å². The Hall–Kier alpha value is -2.12. The second-order valence-electron chi connectivity index (χ2n) is 24.1. The van der Waals surface area contributed by atoms with E-state index in [1.54, 1.807) is 0 Å². The van der Waals surface area contributed by atoms with Gasteiger partial charge in [-0.05, 0) is 212 Å². The van der Waals surface area contributed by atoms with Crippen LogP contribution in [0.3, 0.4) is 0 Å². The average molecular weight is 823 g/mol. The number of hydrogen-bond donors (Lipinski definition) is 0. The van der Waals surface area contributed by atoms with Gasteiger partial charge in [-0.25, -0.2) is 0 Å². The van der Waals surface area contributed by atoms with Gasteiger partial charge in [-0.1, -0.05) is 27.7 Å². The summed E-state index contributed by atoms with van der Waals surface area (Å²) in [6, 6.07) is 0. The lowest BCUT2D eigenvalue weighted by atomic mass is 9.49. The SMILES string of the molecule is CCC(C)(C)C(=O)OC(C)(C)C1C2CC3OC(=O)C1C3C2.CCC(C)(C)C(=O)OC1(CC)C2CC3CC(C2)CC1C3.CCC(C)(C)C(=O)OC12CC3CC(CC(C3)C1)C2. The van der Waals surface area contributed by atoms with Crippen LogP contribution in [-0.2, 0) is 38.1 Å². The molecule has 0 aromatic carbocycles. The van der Waals surface area contributed by atoms with Gasteiger partial charge >= 0.3 is 23.9 Å². The summed E-state index contributed by atoms with van der Waals surface area (Å²) in [5.41, 5.74) is -1.94. The topological polar surface area (TPSA) is 105 Å². The zero-order chi connectivity index (χ0) is 43.1. The molecule has 5 atom stereocenters. The molecular weight excluding hydrogens is 741 g/mol. The van der Waals surface area contributed by atoms with Gasteiger partial charge in [0.15, 0.2) is 0 Å². The van der Waals surface area contributed by atoms with Gasteiger partial charge in [-0.2, -0.15) is 0 Å². The number of fused-ring (bicyclic) bond motifs is 1. The van der Waals surface area contributed by atoms with Crippen LogP contribution >= 0.6 is 0 Å². The van der Waals surface area contributed by atoms with Crippen molar-refractivity contribution < 1.29 is 38.1 Å². The Labute approximate surface area is 357 Å². The fraction of sp³-hybridized carbons (Fsp3) is 0.922. The molecule has 11 rings (SSSR count). The molecule has 11 fully saturated rings. The zero-order valence-corrected chi connectivity index (χ0v) is 39.2. The molecule has 8 nitrogen and oxygen atoms in total. The van der Waals surface area contributed by atoms with Gasteiger partial charge in [-0.15, -0.1) is 0 Å². The second-order valence-corrected chi connectivity index (χ2v) is 24.1. The average Bonchev–Trinajstić information content (AvgIpc) is 3.80. The van der Waals surface area contributed by atoms with E-state index in [0.29, 0.717) is 23.7 Å². The standard InChI is InChI=1S/C18H30O2.C17H26O4.C16H26O2/c1-5-17(3,4)16(19)20-18(6-2)14-8-12-7-13(10-14)11-15(18)9-12;1-6-16(2,3)15(19)21-17(4,5)13-9-7-10-11(8-9)20-14(18)12(10)13;1-4-15(2,3)14(17)18-16-8-11-5-12(9-16)7-13(6-11)10-16/h12-15H,5-11H2,1-4H3;9-13H,6-8H2,1-5H3;11-13H,4-10H2,1-3H3. The number of hydrogen-bond acceptors (Lipinski definition) is 8. The maximum absolute atomic E-state index is 12.6. The van der Waals surface area contributed by atoms with Crippen molar-refractivity contribution in [2.24, 2.45) is 81.3 Å². The summed E-state index contributed by atoms with van der Waals surface area (Å²) in [7, 11) is 0. The van der Waals surface area contributed by atoms with Crippen molar-refractivity contribution in [3.05, 3.63) is 0 Å². The van der Waals surface area contributed by atoms with E-state index >= 15 is 0 Å². The van der Waals surface area contributed by atoms with Crippen LogP contribution in [0.5, 0.6) is 0 Å². The largest absolute Gasteiger partial charge is 0.462 e. The van der Waals surface area contributed by atoms with Crippen LogP contribution in [0, 0.1) is 81.3 Å². The van der Waals surface area contributed by atoms with E-state index in [9.17, 15) is 19.2 Å². The van der Waals surface area contributed by atoms with Gasteiger partial charge in [-0.3, -0.25) is 19.2 Å². The highest BCUT2D eigenvalue weighted by molar-refractivity contribution is 5.79. The first-order valence-electron chi connectivity index (χ1n) is 24.4. The minimum absolute atomic E-state index is 0.0342. The molecule has 0 amide bonds. The van der Waals surface area contributed by atoms with E-state index in [1.165, 1.54) is 51.4 Å². The van der Waals surface area contributed by atoms with E-state index in [2.05, 4.69) is 20.8 Å². The minimum atomic E-state index is -0.609. The molecule has 1 saturated heterocycles. The van der Waals surface area contributed by atoms with E-state index in [1.807, 2.05) is 62.3 Å². The lowest BCUT2D eigenvalue weighted by molar-refractivity contribution is -0.218. The summed E-state index contributed by atoms with van der Waals surface area (Å²) in [6.45, 7) is 24.2. The number of carbonyl (C=O) groups excluding carboxylic acids is 4. The molecule has 0 spiro atoms. The predicted molar refractivity (Wildman–Crippen MR) is 229 cm³/mol. The van der Waals surface area contributed by atoms with E-state index in [0.717, 1.165) is 87.4 Å². The number of esters is 4. The Morgan fingerprint density at radius 3 is 1.49 bits per heavy atom. The molecule has 0 aromatic heterocycles. The third kappa shape index (κ3) is 8.29. The first kappa shape index (κ1) is 44.9. The second kappa shape index (κ2) is 15.9. The third-order valence-corrected chi connectivity index (χ3v) is 18.6. The highest BCUT2D eigenvalue weighted by Crippen LogP contribution is 2.63. The minimum Gasteiger partial charge on any atom is -0.462 e. The van der Waals surface area contributed by atoms with Crippen molar-refractivity contribution in [1.82, 2.24) is 0 Å². The fourth-order valence-corrected chi connectivity index (χ4v) is 14.5. The van der Waals surface area contributed by atoms with E-state index in [4.69, 9.17) is 18.9 Å². The highest BCUT2D eigenvalue weighted by Gasteiger charge is 2.66. The third-order valence-electron chi connectivity index (χ3n) is 18.6. The molecule has 11 aliphatic rings. The monoisotopic (exact) mass is 823 g/mol. The summed E-state index contributed by atoms with van der Waals surface area (Å²) >= 11 is 0. The molecule has 10 bridgehead atoms. The summed E-state index contributed by atoms with van der Waals surface area (Å²) in [5.74, 6) is 6.32. The van der Waals surface area contributed by atoms with Crippen LogP contribution in [0.1, 0.15) is 192 Å². The van der Waals surface area contributed by atoms with Gasteiger partial charge in [0, 0.05) is 11.8 Å². The first-order valence-corrected chi connectivity index (χ1v) is 24.4. The Kier molecular flexibility index (Phi) is 12.1.